The summed E-state index contributed by atoms with van der Waals surface area (Å²) in [6.07, 6.45) is 1.25. The third kappa shape index (κ3) is 4.89. The number of hydrogen-bond donors (Lipinski definition) is 2. The number of aromatic hydroxyl groups is 1. The summed E-state index contributed by atoms with van der Waals surface area (Å²) in [4.78, 5) is 24.6. The molecule has 0 aliphatic heterocycles. The number of phenolic OH excluding ortho intramolecular Hbond substituents is 1. The molecule has 3 atom stereocenters. The van der Waals surface area contributed by atoms with Crippen LogP contribution < -0.4 is 5.32 Å². The van der Waals surface area contributed by atoms with Gasteiger partial charge in [-0.25, -0.2) is 0 Å². The molecule has 6 heteroatoms. The Bertz CT molecular complexity index is 821. The highest BCUT2D eigenvalue weighted by Gasteiger charge is 2.44. The summed E-state index contributed by atoms with van der Waals surface area (Å²) < 4.78 is 5.90. The monoisotopic (exact) mass is 431 g/mol. The lowest BCUT2D eigenvalue weighted by Gasteiger charge is -2.16. The molecule has 2 N–H and O–H groups in total. The Morgan fingerprint density at radius 2 is 1.93 bits per heavy atom. The fourth-order valence-corrected chi connectivity index (χ4v) is 3.86. The van der Waals surface area contributed by atoms with E-state index < -0.39 is 5.92 Å². The number of carbonyl (C=O) groups excluding carboxylic acids is 2. The fourth-order valence-electron chi connectivity index (χ4n) is 3.28. The van der Waals surface area contributed by atoms with Crippen LogP contribution in [0.15, 0.2) is 53.0 Å². The summed E-state index contributed by atoms with van der Waals surface area (Å²) >= 11 is 3.54. The van der Waals surface area contributed by atoms with Crippen LogP contribution in [0.5, 0.6) is 5.75 Å². The quantitative estimate of drug-likeness (QED) is 0.658. The molecule has 3 unspecified atom stereocenters. The summed E-state index contributed by atoms with van der Waals surface area (Å²) in [5, 5.41) is 12.3. The lowest BCUT2D eigenvalue weighted by molar-refractivity contribution is -0.145. The van der Waals surface area contributed by atoms with E-state index >= 15 is 0 Å². The molecule has 5 nitrogen and oxygen atoms in total. The second kappa shape index (κ2) is 8.57. The van der Waals surface area contributed by atoms with Gasteiger partial charge in [-0.3, -0.25) is 9.59 Å². The zero-order valence-corrected chi connectivity index (χ0v) is 16.6. The van der Waals surface area contributed by atoms with Gasteiger partial charge in [0, 0.05) is 16.9 Å². The minimum atomic E-state index is -0.468. The van der Waals surface area contributed by atoms with Crippen molar-refractivity contribution in [2.75, 3.05) is 13.7 Å². The number of nitrogens with one attached hydrogen (secondary N) is 1. The van der Waals surface area contributed by atoms with Crippen LogP contribution in [0.3, 0.4) is 0 Å². The molecule has 1 fully saturated rings. The highest BCUT2D eigenvalue weighted by Crippen LogP contribution is 2.49. The molecule has 3 rings (SSSR count). The Balaban J connectivity index is 1.57. The van der Waals surface area contributed by atoms with Crippen molar-refractivity contribution in [2.45, 2.75) is 18.8 Å². The van der Waals surface area contributed by atoms with Gasteiger partial charge >= 0.3 is 5.97 Å². The highest BCUT2D eigenvalue weighted by atomic mass is 79.9. The lowest BCUT2D eigenvalue weighted by atomic mass is 9.99. The number of carbonyl (C=O) groups is 2. The second-order valence-corrected chi connectivity index (χ2v) is 7.66. The summed E-state index contributed by atoms with van der Waals surface area (Å²) in [6.45, 7) is 0.228. The molecule has 1 aliphatic carbocycles. The predicted molar refractivity (Wildman–Crippen MR) is 105 cm³/mol. The van der Waals surface area contributed by atoms with Crippen LogP contribution >= 0.6 is 15.9 Å². The SMILES string of the molecule is COC(=O)C(CNC(=O)C1CC1c1ccccc1Br)Cc1ccc(O)cc1. The van der Waals surface area contributed by atoms with Crippen LogP contribution in [0.1, 0.15) is 23.5 Å². The van der Waals surface area contributed by atoms with E-state index in [0.29, 0.717) is 6.42 Å². The number of benzene rings is 2. The minimum absolute atomic E-state index is 0.0321. The zero-order valence-electron chi connectivity index (χ0n) is 15.0. The van der Waals surface area contributed by atoms with Gasteiger partial charge in [-0.05, 0) is 48.1 Å². The highest BCUT2D eigenvalue weighted by molar-refractivity contribution is 9.10. The van der Waals surface area contributed by atoms with E-state index in [4.69, 9.17) is 4.74 Å². The summed E-state index contributed by atoms with van der Waals surface area (Å²) in [5.41, 5.74) is 2.04. The molecule has 1 aliphatic rings. The van der Waals surface area contributed by atoms with Crippen molar-refractivity contribution in [3.63, 3.8) is 0 Å². The van der Waals surface area contributed by atoms with Crippen LogP contribution in [0.4, 0.5) is 0 Å². The molecule has 1 saturated carbocycles. The minimum Gasteiger partial charge on any atom is -0.508 e. The van der Waals surface area contributed by atoms with Crippen LogP contribution in [0.25, 0.3) is 0 Å². The van der Waals surface area contributed by atoms with E-state index in [-0.39, 0.29) is 36.0 Å². The molecule has 142 valence electrons. The van der Waals surface area contributed by atoms with Crippen molar-refractivity contribution >= 4 is 27.8 Å². The van der Waals surface area contributed by atoms with E-state index in [2.05, 4.69) is 21.2 Å². The van der Waals surface area contributed by atoms with Crippen molar-refractivity contribution < 1.29 is 19.4 Å². The Labute approximate surface area is 166 Å². The zero-order chi connectivity index (χ0) is 19.4. The Morgan fingerprint density at radius 3 is 2.59 bits per heavy atom. The van der Waals surface area contributed by atoms with Crippen molar-refractivity contribution in [2.24, 2.45) is 11.8 Å². The number of amides is 1. The van der Waals surface area contributed by atoms with E-state index in [1.807, 2.05) is 24.3 Å². The predicted octanol–water partition coefficient (Wildman–Crippen LogP) is 3.41. The molecule has 2 aromatic rings. The fraction of sp³-hybridized carbons (Fsp3) is 0.333. The number of hydrogen-bond acceptors (Lipinski definition) is 4. The molecule has 1 amide bonds. The Morgan fingerprint density at radius 1 is 1.22 bits per heavy atom. The summed E-state index contributed by atoms with van der Waals surface area (Å²) in [5.74, 6) is -0.528. The molecule has 0 radical (unpaired) electrons. The van der Waals surface area contributed by atoms with Gasteiger partial charge in [0.1, 0.15) is 5.75 Å². The maximum absolute atomic E-state index is 12.5. The lowest BCUT2D eigenvalue weighted by Crippen LogP contribution is -2.35. The van der Waals surface area contributed by atoms with Gasteiger partial charge < -0.3 is 15.2 Å². The number of halogens is 1. The first-order valence-electron chi connectivity index (χ1n) is 8.87. The van der Waals surface area contributed by atoms with Gasteiger partial charge in [-0.2, -0.15) is 0 Å². The molecule has 2 aromatic carbocycles. The maximum atomic E-state index is 12.5. The van der Waals surface area contributed by atoms with Crippen LogP contribution in [0.2, 0.25) is 0 Å². The standard InChI is InChI=1S/C21H22BrNO4/c1-27-21(26)14(10-13-6-8-15(24)9-7-13)12-23-20(25)18-11-17(18)16-4-2-3-5-19(16)22/h2-9,14,17-18,24H,10-12H2,1H3,(H,23,25). The van der Waals surface area contributed by atoms with Gasteiger partial charge in [0.05, 0.1) is 13.0 Å². The first-order chi connectivity index (χ1) is 13.0. The summed E-state index contributed by atoms with van der Waals surface area (Å²) in [6, 6.07) is 14.6. The molecule has 27 heavy (non-hydrogen) atoms. The van der Waals surface area contributed by atoms with Gasteiger partial charge in [0.25, 0.3) is 0 Å². The average Bonchev–Trinajstić information content (AvgIpc) is 3.47. The van der Waals surface area contributed by atoms with Gasteiger partial charge in [0.15, 0.2) is 0 Å². The van der Waals surface area contributed by atoms with Crippen LogP contribution in [-0.2, 0) is 20.7 Å². The van der Waals surface area contributed by atoms with E-state index in [1.165, 1.54) is 7.11 Å². The Kier molecular flexibility index (Phi) is 6.16. The molecule has 0 aromatic heterocycles. The van der Waals surface area contributed by atoms with Crippen LogP contribution in [0, 0.1) is 11.8 Å². The van der Waals surface area contributed by atoms with Crippen molar-refractivity contribution in [1.29, 1.82) is 0 Å². The number of ether oxygens (including phenoxy) is 1. The normalized spacial score (nSPS) is 19.2. The maximum Gasteiger partial charge on any atom is 0.310 e. The van der Waals surface area contributed by atoms with Crippen molar-refractivity contribution in [1.82, 2.24) is 5.32 Å². The molecule has 0 saturated heterocycles. The number of esters is 1. The number of rotatable bonds is 7. The van der Waals surface area contributed by atoms with Gasteiger partial charge in [-0.1, -0.05) is 46.3 Å². The van der Waals surface area contributed by atoms with Gasteiger partial charge in [-0.15, -0.1) is 0 Å². The molecule has 0 bridgehead atoms. The number of methoxy groups -OCH3 is 1. The van der Waals surface area contributed by atoms with E-state index in [9.17, 15) is 14.7 Å². The molecule has 0 spiro atoms. The van der Waals surface area contributed by atoms with E-state index in [0.717, 1.165) is 22.0 Å². The van der Waals surface area contributed by atoms with Gasteiger partial charge in [0.2, 0.25) is 5.91 Å². The smallest absolute Gasteiger partial charge is 0.310 e. The first kappa shape index (κ1) is 19.4. The van der Waals surface area contributed by atoms with Crippen molar-refractivity contribution in [3.8, 4) is 5.75 Å². The topological polar surface area (TPSA) is 75.6 Å². The van der Waals surface area contributed by atoms with Crippen molar-refractivity contribution in [3.05, 3.63) is 64.1 Å². The third-order valence-corrected chi connectivity index (χ3v) is 5.63. The Hall–Kier alpha value is -2.34. The van der Waals surface area contributed by atoms with Crippen LogP contribution in [-0.4, -0.2) is 30.6 Å². The summed E-state index contributed by atoms with van der Waals surface area (Å²) in [7, 11) is 1.35. The second-order valence-electron chi connectivity index (χ2n) is 6.81. The molecular weight excluding hydrogens is 410 g/mol. The molecular formula is C21H22BrNO4. The largest absolute Gasteiger partial charge is 0.508 e. The first-order valence-corrected chi connectivity index (χ1v) is 9.66. The van der Waals surface area contributed by atoms with E-state index in [1.54, 1.807) is 24.3 Å². The molecule has 0 heterocycles. The number of phenols is 1. The average molecular weight is 432 g/mol. The third-order valence-electron chi connectivity index (χ3n) is 4.91.